The third-order valence-electron chi connectivity index (χ3n) is 2.56. The topological polar surface area (TPSA) is 90.9 Å². The van der Waals surface area contributed by atoms with E-state index in [1.165, 1.54) is 6.20 Å². The van der Waals surface area contributed by atoms with Gasteiger partial charge < -0.3 is 16.4 Å². The number of nitrogens with one attached hydrogen (secondary N) is 2. The van der Waals surface area contributed by atoms with Crippen LogP contribution in [0.2, 0.25) is 0 Å². The van der Waals surface area contributed by atoms with E-state index in [-0.39, 0.29) is 17.5 Å². The Morgan fingerprint density at radius 1 is 1.45 bits per heavy atom. The number of hydrogen-bond donors (Lipinski definition) is 3. The van der Waals surface area contributed by atoms with Crippen molar-refractivity contribution < 1.29 is 4.79 Å². The van der Waals surface area contributed by atoms with Gasteiger partial charge in [0.1, 0.15) is 11.6 Å². The quantitative estimate of drug-likeness (QED) is 0.535. The van der Waals surface area contributed by atoms with Gasteiger partial charge in [-0.05, 0) is 25.0 Å². The van der Waals surface area contributed by atoms with Crippen LogP contribution in [0.4, 0.5) is 0 Å². The van der Waals surface area contributed by atoms with Crippen molar-refractivity contribution in [1.82, 2.24) is 10.6 Å². The second kappa shape index (κ2) is 7.97. The molecule has 4 N–H and O–H groups in total. The van der Waals surface area contributed by atoms with E-state index < -0.39 is 0 Å². The molecule has 5 heteroatoms. The number of nitrogens with zero attached hydrogens (tertiary/aromatic N) is 1. The zero-order valence-corrected chi connectivity index (χ0v) is 11.8. The van der Waals surface area contributed by atoms with Crippen LogP contribution >= 0.6 is 0 Å². The molecule has 0 atom stereocenters. The molecule has 0 aliphatic rings. The van der Waals surface area contributed by atoms with Crippen LogP contribution in [0, 0.1) is 11.3 Å². The lowest BCUT2D eigenvalue weighted by atomic mass is 10.1. The minimum Gasteiger partial charge on any atom is -0.386 e. The fraction of sp³-hybridized carbons (Fsp3) is 0.333. The van der Waals surface area contributed by atoms with Gasteiger partial charge in [-0.2, -0.15) is 5.26 Å². The predicted molar refractivity (Wildman–Crippen MR) is 78.1 cm³/mol. The van der Waals surface area contributed by atoms with E-state index >= 15 is 0 Å². The highest BCUT2D eigenvalue weighted by Gasteiger charge is 2.09. The Labute approximate surface area is 119 Å². The van der Waals surface area contributed by atoms with Gasteiger partial charge >= 0.3 is 0 Å². The van der Waals surface area contributed by atoms with E-state index in [1.54, 1.807) is 0 Å². The molecule has 106 valence electrons. The molecule has 0 heterocycles. The van der Waals surface area contributed by atoms with E-state index in [1.807, 2.05) is 44.2 Å². The van der Waals surface area contributed by atoms with Crippen LogP contribution in [0.3, 0.4) is 0 Å². The summed E-state index contributed by atoms with van der Waals surface area (Å²) >= 11 is 0. The van der Waals surface area contributed by atoms with Crippen LogP contribution in [0.15, 0.2) is 36.0 Å². The number of nitrogens with two attached hydrogens (primary N) is 1. The number of hydrogen-bond acceptors (Lipinski definition) is 4. The van der Waals surface area contributed by atoms with Crippen molar-refractivity contribution in [2.75, 3.05) is 0 Å². The fourth-order valence-corrected chi connectivity index (χ4v) is 1.63. The number of nitriles is 1. The first-order valence-corrected chi connectivity index (χ1v) is 6.49. The predicted octanol–water partition coefficient (Wildman–Crippen LogP) is 1.17. The van der Waals surface area contributed by atoms with Crippen LogP contribution in [0.5, 0.6) is 0 Å². The van der Waals surface area contributed by atoms with E-state index in [0.717, 1.165) is 11.1 Å². The van der Waals surface area contributed by atoms with E-state index in [9.17, 15) is 4.79 Å². The highest BCUT2D eigenvalue weighted by atomic mass is 16.1. The smallest absolute Gasteiger partial charge is 0.263 e. The van der Waals surface area contributed by atoms with Gasteiger partial charge in [0, 0.05) is 25.3 Å². The third kappa shape index (κ3) is 5.12. The molecule has 0 aromatic heterocycles. The molecule has 0 unspecified atom stereocenters. The maximum Gasteiger partial charge on any atom is 0.263 e. The minimum absolute atomic E-state index is 0.000450. The summed E-state index contributed by atoms with van der Waals surface area (Å²) in [6.45, 7) is 4.72. The summed E-state index contributed by atoms with van der Waals surface area (Å²) in [5.74, 6) is -0.370. The molecule has 1 rings (SSSR count). The molecule has 0 bridgehead atoms. The zero-order valence-electron chi connectivity index (χ0n) is 11.8. The highest BCUT2D eigenvalue weighted by molar-refractivity contribution is 5.97. The molecule has 0 aliphatic heterocycles. The third-order valence-corrected chi connectivity index (χ3v) is 2.56. The molecular weight excluding hydrogens is 252 g/mol. The lowest BCUT2D eigenvalue weighted by Gasteiger charge is -2.08. The molecule has 0 saturated carbocycles. The van der Waals surface area contributed by atoms with Gasteiger partial charge in [-0.3, -0.25) is 4.79 Å². The largest absolute Gasteiger partial charge is 0.386 e. The van der Waals surface area contributed by atoms with Gasteiger partial charge in [-0.25, -0.2) is 0 Å². The first-order valence-electron chi connectivity index (χ1n) is 6.49. The first-order chi connectivity index (χ1) is 9.56. The van der Waals surface area contributed by atoms with Crippen molar-refractivity contribution in [3.05, 3.63) is 47.2 Å². The maximum absolute atomic E-state index is 11.7. The summed E-state index contributed by atoms with van der Waals surface area (Å²) in [5.41, 5.74) is 7.73. The van der Waals surface area contributed by atoms with Crippen molar-refractivity contribution in [2.45, 2.75) is 33.0 Å². The molecule has 20 heavy (non-hydrogen) atoms. The number of benzene rings is 1. The highest BCUT2D eigenvalue weighted by Crippen LogP contribution is 2.04. The van der Waals surface area contributed by atoms with Gasteiger partial charge in [-0.15, -0.1) is 0 Å². The Kier molecular flexibility index (Phi) is 6.27. The lowest BCUT2D eigenvalue weighted by molar-refractivity contribution is -0.117. The van der Waals surface area contributed by atoms with Crippen molar-refractivity contribution in [1.29, 1.82) is 5.26 Å². The monoisotopic (exact) mass is 272 g/mol. The molecule has 0 fully saturated rings. The average Bonchev–Trinajstić information content (AvgIpc) is 2.43. The van der Waals surface area contributed by atoms with E-state index in [4.69, 9.17) is 11.0 Å². The van der Waals surface area contributed by atoms with Gasteiger partial charge in [0.25, 0.3) is 5.91 Å². The molecule has 1 amide bonds. The zero-order chi connectivity index (χ0) is 15.0. The van der Waals surface area contributed by atoms with Crippen molar-refractivity contribution in [3.8, 4) is 6.07 Å². The van der Waals surface area contributed by atoms with Crippen molar-refractivity contribution >= 4 is 5.91 Å². The normalized spacial score (nSPS) is 11.1. The Balaban J connectivity index is 2.61. The molecule has 1 aromatic carbocycles. The number of rotatable bonds is 6. The molecule has 0 spiro atoms. The summed E-state index contributed by atoms with van der Waals surface area (Å²) < 4.78 is 0. The second-order valence-electron chi connectivity index (χ2n) is 4.70. The van der Waals surface area contributed by atoms with Gasteiger partial charge in [0.05, 0.1) is 0 Å². The van der Waals surface area contributed by atoms with Crippen LogP contribution in [-0.2, 0) is 17.9 Å². The molecule has 0 saturated heterocycles. The molecular formula is C15H20N4O. The van der Waals surface area contributed by atoms with Gasteiger partial charge in [0.2, 0.25) is 0 Å². The minimum atomic E-state index is -0.370. The summed E-state index contributed by atoms with van der Waals surface area (Å²) in [7, 11) is 0. The van der Waals surface area contributed by atoms with E-state index in [2.05, 4.69) is 10.6 Å². The van der Waals surface area contributed by atoms with Crippen molar-refractivity contribution in [3.63, 3.8) is 0 Å². The van der Waals surface area contributed by atoms with Gasteiger partial charge in [0.15, 0.2) is 0 Å². The van der Waals surface area contributed by atoms with Crippen LogP contribution in [0.1, 0.15) is 25.0 Å². The molecule has 1 aromatic rings. The van der Waals surface area contributed by atoms with Crippen LogP contribution in [-0.4, -0.2) is 11.9 Å². The Morgan fingerprint density at radius 3 is 2.75 bits per heavy atom. The molecule has 0 aliphatic carbocycles. The second-order valence-corrected chi connectivity index (χ2v) is 4.70. The Morgan fingerprint density at radius 2 is 2.15 bits per heavy atom. The summed E-state index contributed by atoms with van der Waals surface area (Å²) in [6, 6.07) is 9.71. The van der Waals surface area contributed by atoms with Crippen LogP contribution in [0.25, 0.3) is 0 Å². The van der Waals surface area contributed by atoms with Gasteiger partial charge in [-0.1, -0.05) is 24.3 Å². The standard InChI is InChI=1S/C15H20N4O/c1-11(2)19-15(20)14(8-17)10-18-9-13-5-3-4-12(6-13)7-16/h3-6,10-11,18H,7,9,16H2,1-2H3,(H,19,20)/b14-10-. The summed E-state index contributed by atoms with van der Waals surface area (Å²) in [5, 5.41) is 14.6. The fourth-order valence-electron chi connectivity index (χ4n) is 1.63. The SMILES string of the molecule is CC(C)NC(=O)/C(C#N)=C\NCc1cccc(CN)c1. The average molecular weight is 272 g/mol. The summed E-state index contributed by atoms with van der Waals surface area (Å²) in [4.78, 5) is 11.7. The lowest BCUT2D eigenvalue weighted by Crippen LogP contribution is -2.31. The maximum atomic E-state index is 11.7. The Bertz CT molecular complexity index is 529. The molecule has 5 nitrogen and oxygen atoms in total. The number of carbonyl (C=O) groups excluding carboxylic acids is 1. The van der Waals surface area contributed by atoms with Crippen molar-refractivity contribution in [2.24, 2.45) is 5.73 Å². The van der Waals surface area contributed by atoms with Crippen LogP contribution < -0.4 is 16.4 Å². The summed E-state index contributed by atoms with van der Waals surface area (Å²) in [6.07, 6.45) is 1.44. The number of amides is 1. The Hall–Kier alpha value is -2.32. The van der Waals surface area contributed by atoms with E-state index in [0.29, 0.717) is 13.1 Å². The first kappa shape index (κ1) is 15.7. The molecule has 0 radical (unpaired) electrons. The number of carbonyl (C=O) groups is 1.